The number of rotatable bonds is 4. The van der Waals surface area contributed by atoms with Crippen molar-refractivity contribution in [2.75, 3.05) is 6.61 Å². The van der Waals surface area contributed by atoms with E-state index in [9.17, 15) is 0 Å². The standard InChI is InChI=1S/C7H14OS/c1-4-6(2)9-7(3)5-8/h4,6-8H,1,5H2,2-3H3. The number of hydrogen-bond donors (Lipinski definition) is 1. The van der Waals surface area contributed by atoms with Crippen molar-refractivity contribution >= 4 is 11.8 Å². The molecule has 54 valence electrons. The van der Waals surface area contributed by atoms with Crippen LogP contribution in [0.5, 0.6) is 0 Å². The Kier molecular flexibility index (Phi) is 4.91. The van der Waals surface area contributed by atoms with Gasteiger partial charge >= 0.3 is 0 Å². The van der Waals surface area contributed by atoms with E-state index in [1.165, 1.54) is 0 Å². The third-order valence-corrected chi connectivity index (χ3v) is 2.27. The van der Waals surface area contributed by atoms with Crippen molar-refractivity contribution in [3.63, 3.8) is 0 Å². The zero-order chi connectivity index (χ0) is 7.28. The Bertz CT molecular complexity index is 83.0. The Balaban J connectivity index is 3.33. The van der Waals surface area contributed by atoms with Gasteiger partial charge in [0.15, 0.2) is 0 Å². The van der Waals surface area contributed by atoms with Gasteiger partial charge in [0.05, 0.1) is 6.61 Å². The van der Waals surface area contributed by atoms with Crippen molar-refractivity contribution in [2.45, 2.75) is 24.3 Å². The third-order valence-electron chi connectivity index (χ3n) is 1.04. The van der Waals surface area contributed by atoms with Gasteiger partial charge in [0.25, 0.3) is 0 Å². The lowest BCUT2D eigenvalue weighted by atomic mass is 10.5. The lowest BCUT2D eigenvalue weighted by Gasteiger charge is -2.10. The van der Waals surface area contributed by atoms with E-state index >= 15 is 0 Å². The quantitative estimate of drug-likeness (QED) is 0.609. The molecule has 0 spiro atoms. The molecule has 0 heterocycles. The van der Waals surface area contributed by atoms with Crippen LogP contribution in [-0.4, -0.2) is 22.2 Å². The topological polar surface area (TPSA) is 20.2 Å². The summed E-state index contributed by atoms with van der Waals surface area (Å²) in [4.78, 5) is 0. The van der Waals surface area contributed by atoms with Crippen molar-refractivity contribution in [2.24, 2.45) is 0 Å². The van der Waals surface area contributed by atoms with Crippen LogP contribution >= 0.6 is 11.8 Å². The minimum absolute atomic E-state index is 0.253. The predicted octanol–water partition coefficient (Wildman–Crippen LogP) is 1.67. The van der Waals surface area contributed by atoms with Crippen LogP contribution in [0.3, 0.4) is 0 Å². The molecule has 0 aromatic carbocycles. The summed E-state index contributed by atoms with van der Waals surface area (Å²) < 4.78 is 0. The molecule has 0 aromatic rings. The zero-order valence-corrected chi connectivity index (χ0v) is 6.82. The van der Waals surface area contributed by atoms with Gasteiger partial charge < -0.3 is 5.11 Å². The van der Waals surface area contributed by atoms with Crippen molar-refractivity contribution in [3.05, 3.63) is 12.7 Å². The van der Waals surface area contributed by atoms with Crippen LogP contribution in [-0.2, 0) is 0 Å². The molecule has 0 aliphatic carbocycles. The molecule has 0 amide bonds. The van der Waals surface area contributed by atoms with Crippen LogP contribution in [0.25, 0.3) is 0 Å². The molecule has 0 radical (unpaired) electrons. The maximum atomic E-state index is 8.62. The molecule has 0 bridgehead atoms. The molecule has 2 atom stereocenters. The molecule has 1 N–H and O–H groups in total. The second-order valence-electron chi connectivity index (χ2n) is 2.07. The average molecular weight is 146 g/mol. The first kappa shape index (κ1) is 9.05. The Morgan fingerprint density at radius 2 is 2.22 bits per heavy atom. The molecule has 9 heavy (non-hydrogen) atoms. The first-order valence-electron chi connectivity index (χ1n) is 3.09. The smallest absolute Gasteiger partial charge is 0.0547 e. The SMILES string of the molecule is C=CC(C)SC(C)CO. The molecule has 0 saturated carbocycles. The Labute approximate surface area is 61.2 Å². The molecule has 0 saturated heterocycles. The van der Waals surface area contributed by atoms with Crippen LogP contribution in [0.1, 0.15) is 13.8 Å². The number of thioether (sulfide) groups is 1. The number of hydrogen-bond acceptors (Lipinski definition) is 2. The molecule has 0 aromatic heterocycles. The summed E-state index contributed by atoms with van der Waals surface area (Å²) in [6, 6.07) is 0. The highest BCUT2D eigenvalue weighted by Gasteiger charge is 2.03. The summed E-state index contributed by atoms with van der Waals surface area (Å²) in [6.45, 7) is 7.98. The first-order valence-corrected chi connectivity index (χ1v) is 4.03. The van der Waals surface area contributed by atoms with Gasteiger partial charge in [0.1, 0.15) is 0 Å². The van der Waals surface area contributed by atoms with E-state index in [1.54, 1.807) is 11.8 Å². The average Bonchev–Trinajstić information content (AvgIpc) is 1.87. The second kappa shape index (κ2) is 4.89. The molecule has 0 aliphatic heterocycles. The van der Waals surface area contributed by atoms with Gasteiger partial charge in [-0.2, -0.15) is 0 Å². The minimum atomic E-state index is 0.253. The Morgan fingerprint density at radius 3 is 2.56 bits per heavy atom. The van der Waals surface area contributed by atoms with E-state index in [-0.39, 0.29) is 6.61 Å². The van der Waals surface area contributed by atoms with Gasteiger partial charge in [-0.25, -0.2) is 0 Å². The molecule has 0 fully saturated rings. The fourth-order valence-corrected chi connectivity index (χ4v) is 1.40. The summed E-state index contributed by atoms with van der Waals surface area (Å²) in [5.74, 6) is 0. The van der Waals surface area contributed by atoms with Gasteiger partial charge in [-0.1, -0.05) is 13.0 Å². The van der Waals surface area contributed by atoms with Crippen molar-refractivity contribution < 1.29 is 5.11 Å². The molecular formula is C7H14OS. The summed E-state index contributed by atoms with van der Waals surface area (Å²) in [5.41, 5.74) is 0. The number of aliphatic hydroxyl groups is 1. The van der Waals surface area contributed by atoms with Crippen molar-refractivity contribution in [1.29, 1.82) is 0 Å². The highest BCUT2D eigenvalue weighted by atomic mass is 32.2. The van der Waals surface area contributed by atoms with Gasteiger partial charge in [-0.05, 0) is 6.92 Å². The molecule has 0 aliphatic rings. The fraction of sp³-hybridized carbons (Fsp3) is 0.714. The minimum Gasteiger partial charge on any atom is -0.395 e. The normalized spacial score (nSPS) is 16.8. The van der Waals surface area contributed by atoms with Crippen LogP contribution in [0.15, 0.2) is 12.7 Å². The lowest BCUT2D eigenvalue weighted by molar-refractivity contribution is 0.300. The van der Waals surface area contributed by atoms with Crippen molar-refractivity contribution in [3.8, 4) is 0 Å². The molecule has 1 nitrogen and oxygen atoms in total. The molecule has 2 heteroatoms. The third kappa shape index (κ3) is 4.55. The van der Waals surface area contributed by atoms with Gasteiger partial charge in [0, 0.05) is 10.5 Å². The monoisotopic (exact) mass is 146 g/mol. The maximum absolute atomic E-state index is 8.62. The Hall–Kier alpha value is 0.0500. The first-order chi connectivity index (χ1) is 4.20. The molecular weight excluding hydrogens is 132 g/mol. The summed E-state index contributed by atoms with van der Waals surface area (Å²) in [5, 5.41) is 9.41. The van der Waals surface area contributed by atoms with E-state index < -0.39 is 0 Å². The van der Waals surface area contributed by atoms with E-state index in [1.807, 2.05) is 13.0 Å². The lowest BCUT2D eigenvalue weighted by Crippen LogP contribution is -2.06. The van der Waals surface area contributed by atoms with Crippen LogP contribution in [0.4, 0.5) is 0 Å². The fourth-order valence-electron chi connectivity index (χ4n) is 0.465. The summed E-state index contributed by atoms with van der Waals surface area (Å²) >= 11 is 1.73. The van der Waals surface area contributed by atoms with Gasteiger partial charge in [0.2, 0.25) is 0 Å². The molecule has 0 rings (SSSR count). The largest absolute Gasteiger partial charge is 0.395 e. The summed E-state index contributed by atoms with van der Waals surface area (Å²) in [7, 11) is 0. The van der Waals surface area contributed by atoms with E-state index in [4.69, 9.17) is 5.11 Å². The van der Waals surface area contributed by atoms with Gasteiger partial charge in [-0.3, -0.25) is 0 Å². The second-order valence-corrected chi connectivity index (χ2v) is 3.89. The van der Waals surface area contributed by atoms with Crippen LogP contribution in [0.2, 0.25) is 0 Å². The predicted molar refractivity (Wildman–Crippen MR) is 43.8 cm³/mol. The zero-order valence-electron chi connectivity index (χ0n) is 6.00. The van der Waals surface area contributed by atoms with E-state index in [2.05, 4.69) is 13.5 Å². The Morgan fingerprint density at radius 1 is 1.67 bits per heavy atom. The van der Waals surface area contributed by atoms with E-state index in [0.29, 0.717) is 10.5 Å². The van der Waals surface area contributed by atoms with Gasteiger partial charge in [-0.15, -0.1) is 18.3 Å². The molecule has 2 unspecified atom stereocenters. The summed E-state index contributed by atoms with van der Waals surface area (Å²) in [6.07, 6.45) is 1.89. The van der Waals surface area contributed by atoms with Crippen molar-refractivity contribution in [1.82, 2.24) is 0 Å². The highest BCUT2D eigenvalue weighted by Crippen LogP contribution is 2.16. The highest BCUT2D eigenvalue weighted by molar-refractivity contribution is 8.00. The maximum Gasteiger partial charge on any atom is 0.0547 e. The number of aliphatic hydroxyl groups excluding tert-OH is 1. The van der Waals surface area contributed by atoms with Crippen LogP contribution in [0, 0.1) is 0 Å². The van der Waals surface area contributed by atoms with E-state index in [0.717, 1.165) is 0 Å². The van der Waals surface area contributed by atoms with Crippen LogP contribution < -0.4 is 0 Å².